The second-order valence-electron chi connectivity index (χ2n) is 2.57. The van der Waals surface area contributed by atoms with Gasteiger partial charge in [-0.15, -0.1) is 0 Å². The van der Waals surface area contributed by atoms with Gasteiger partial charge in [0.15, 0.2) is 0 Å². The Morgan fingerprint density at radius 2 is 1.87 bits per heavy atom. The Morgan fingerprint density at radius 1 is 1.20 bits per heavy atom. The molecular weight excluding hydrogens is 330 g/mol. The van der Waals surface area contributed by atoms with Crippen molar-refractivity contribution >= 4 is 43.8 Å². The van der Waals surface area contributed by atoms with Crippen LogP contribution in [0.3, 0.4) is 0 Å². The molecule has 0 atom stereocenters. The summed E-state index contributed by atoms with van der Waals surface area (Å²) >= 11 is 6.48. The van der Waals surface area contributed by atoms with Crippen LogP contribution in [-0.2, 0) is 0 Å². The van der Waals surface area contributed by atoms with Crippen molar-refractivity contribution in [3.63, 3.8) is 0 Å². The van der Waals surface area contributed by atoms with E-state index in [1.54, 1.807) is 18.2 Å². The Morgan fingerprint density at radius 3 is 2.40 bits per heavy atom. The molecule has 0 heterocycles. The van der Waals surface area contributed by atoms with Crippen molar-refractivity contribution in [1.82, 2.24) is 10.9 Å². The number of hydrogen-bond donors (Lipinski definition) is 3. The van der Waals surface area contributed by atoms with Gasteiger partial charge in [0.05, 0.1) is 5.56 Å². The lowest BCUT2D eigenvalue weighted by molar-refractivity contribution is 0.0936. The number of hydrazine groups is 1. The van der Waals surface area contributed by atoms with E-state index in [0.717, 1.165) is 4.47 Å². The zero-order valence-corrected chi connectivity index (χ0v) is 10.6. The molecule has 1 aromatic rings. The number of rotatable bonds is 1. The molecule has 1 rings (SSSR count). The van der Waals surface area contributed by atoms with E-state index >= 15 is 0 Å². The first kappa shape index (κ1) is 12.0. The van der Waals surface area contributed by atoms with Gasteiger partial charge in [-0.2, -0.15) is 0 Å². The summed E-state index contributed by atoms with van der Waals surface area (Å²) in [4.78, 5) is 21.8. The molecule has 1 aromatic carbocycles. The minimum absolute atomic E-state index is 0.395. The van der Waals surface area contributed by atoms with E-state index in [4.69, 9.17) is 5.73 Å². The third-order valence-electron chi connectivity index (χ3n) is 1.47. The summed E-state index contributed by atoms with van der Waals surface area (Å²) in [5.41, 5.74) is 9.33. The number of carbonyl (C=O) groups excluding carboxylic acids is 2. The fraction of sp³-hybridized carbons (Fsp3) is 0. The Hall–Kier alpha value is -1.08. The fourth-order valence-corrected chi connectivity index (χ4v) is 2.09. The van der Waals surface area contributed by atoms with Crippen molar-refractivity contribution in [3.05, 3.63) is 32.7 Å². The van der Waals surface area contributed by atoms with Crippen LogP contribution in [0, 0.1) is 0 Å². The van der Waals surface area contributed by atoms with Crippen LogP contribution in [-0.4, -0.2) is 11.9 Å². The average molecular weight is 337 g/mol. The number of halogens is 2. The molecule has 0 saturated carbocycles. The molecule has 0 spiro atoms. The first-order valence-corrected chi connectivity index (χ1v) is 5.40. The highest BCUT2D eigenvalue weighted by atomic mass is 79.9. The number of hydrogen-bond acceptors (Lipinski definition) is 2. The molecule has 3 amide bonds. The number of nitrogens with one attached hydrogen (secondary N) is 2. The monoisotopic (exact) mass is 335 g/mol. The van der Waals surface area contributed by atoms with Crippen molar-refractivity contribution in [3.8, 4) is 0 Å². The minimum atomic E-state index is -0.823. The van der Waals surface area contributed by atoms with Gasteiger partial charge in [-0.3, -0.25) is 10.2 Å². The fourth-order valence-electron chi connectivity index (χ4n) is 0.859. The number of urea groups is 1. The van der Waals surface area contributed by atoms with E-state index in [-0.39, 0.29) is 0 Å². The summed E-state index contributed by atoms with van der Waals surface area (Å²) in [5.74, 6) is -0.451. The molecule has 0 saturated heterocycles. The molecule has 0 aromatic heterocycles. The summed E-state index contributed by atoms with van der Waals surface area (Å²) in [5, 5.41) is 0. The molecule has 0 unspecified atom stereocenters. The zero-order chi connectivity index (χ0) is 11.4. The Balaban J connectivity index is 2.78. The highest BCUT2D eigenvalue weighted by molar-refractivity contribution is 9.11. The summed E-state index contributed by atoms with van der Waals surface area (Å²) in [6, 6.07) is 4.21. The molecule has 80 valence electrons. The highest BCUT2D eigenvalue weighted by Crippen LogP contribution is 2.21. The molecule has 4 N–H and O–H groups in total. The maximum absolute atomic E-state index is 11.5. The largest absolute Gasteiger partial charge is 0.350 e. The van der Waals surface area contributed by atoms with Gasteiger partial charge in [0, 0.05) is 8.95 Å². The molecule has 7 heteroatoms. The molecule has 0 aliphatic rings. The molecule has 0 bridgehead atoms. The van der Waals surface area contributed by atoms with E-state index in [1.807, 2.05) is 5.43 Å². The predicted octanol–water partition coefficient (Wildman–Crippen LogP) is 1.52. The molecule has 0 aliphatic heterocycles. The smallest absolute Gasteiger partial charge is 0.330 e. The van der Waals surface area contributed by atoms with Gasteiger partial charge in [-0.05, 0) is 34.1 Å². The van der Waals surface area contributed by atoms with Crippen LogP contribution < -0.4 is 16.6 Å². The van der Waals surface area contributed by atoms with Crippen LogP contribution in [0.2, 0.25) is 0 Å². The van der Waals surface area contributed by atoms with E-state index < -0.39 is 11.9 Å². The maximum Gasteiger partial charge on any atom is 0.330 e. The summed E-state index contributed by atoms with van der Waals surface area (Å²) in [6.45, 7) is 0. The Kier molecular flexibility index (Phi) is 4.10. The topological polar surface area (TPSA) is 84.2 Å². The van der Waals surface area contributed by atoms with E-state index in [2.05, 4.69) is 37.3 Å². The molecular formula is C8H7Br2N3O2. The van der Waals surface area contributed by atoms with Crippen molar-refractivity contribution in [1.29, 1.82) is 0 Å². The first-order chi connectivity index (χ1) is 7.00. The highest BCUT2D eigenvalue weighted by Gasteiger charge is 2.09. The second-order valence-corrected chi connectivity index (χ2v) is 4.34. The summed E-state index contributed by atoms with van der Waals surface area (Å²) < 4.78 is 1.45. The quantitative estimate of drug-likeness (QED) is 0.679. The van der Waals surface area contributed by atoms with Crippen LogP contribution in [0.15, 0.2) is 27.1 Å². The van der Waals surface area contributed by atoms with Gasteiger partial charge in [0.2, 0.25) is 0 Å². The third-order valence-corrected chi connectivity index (χ3v) is 2.62. The first-order valence-electron chi connectivity index (χ1n) is 3.81. The van der Waals surface area contributed by atoms with E-state index in [0.29, 0.717) is 10.0 Å². The molecule has 0 radical (unpaired) electrons. The molecule has 15 heavy (non-hydrogen) atoms. The molecule has 0 aliphatic carbocycles. The van der Waals surface area contributed by atoms with Crippen molar-refractivity contribution in [2.24, 2.45) is 5.73 Å². The molecule has 0 fully saturated rings. The SMILES string of the molecule is NC(=O)NNC(=O)c1ccc(Br)cc1Br. The second kappa shape index (κ2) is 5.13. The van der Waals surface area contributed by atoms with Gasteiger partial charge in [-0.25, -0.2) is 10.2 Å². The summed E-state index contributed by atoms with van der Waals surface area (Å²) in [6.07, 6.45) is 0. The normalized spacial score (nSPS) is 9.47. The minimum Gasteiger partial charge on any atom is -0.350 e. The van der Waals surface area contributed by atoms with Gasteiger partial charge in [-0.1, -0.05) is 15.9 Å². The van der Waals surface area contributed by atoms with E-state index in [9.17, 15) is 9.59 Å². The van der Waals surface area contributed by atoms with Crippen LogP contribution in [0.25, 0.3) is 0 Å². The lowest BCUT2D eigenvalue weighted by atomic mass is 10.2. The number of primary amides is 1. The van der Waals surface area contributed by atoms with Crippen LogP contribution in [0.1, 0.15) is 10.4 Å². The molecule has 5 nitrogen and oxygen atoms in total. The number of amides is 3. The van der Waals surface area contributed by atoms with Crippen molar-refractivity contribution in [2.75, 3.05) is 0 Å². The van der Waals surface area contributed by atoms with Gasteiger partial charge < -0.3 is 5.73 Å². The van der Waals surface area contributed by atoms with Gasteiger partial charge in [0.25, 0.3) is 5.91 Å². The number of carbonyl (C=O) groups is 2. The number of benzene rings is 1. The lowest BCUT2D eigenvalue weighted by Crippen LogP contribution is -2.44. The number of nitrogens with two attached hydrogens (primary N) is 1. The zero-order valence-electron chi connectivity index (χ0n) is 7.38. The van der Waals surface area contributed by atoms with Crippen molar-refractivity contribution < 1.29 is 9.59 Å². The van der Waals surface area contributed by atoms with Crippen LogP contribution in [0.5, 0.6) is 0 Å². The Labute approximate surface area is 103 Å². The Bertz CT molecular complexity index is 409. The maximum atomic E-state index is 11.5. The average Bonchev–Trinajstić information content (AvgIpc) is 2.14. The third kappa shape index (κ3) is 3.52. The van der Waals surface area contributed by atoms with Crippen LogP contribution in [0.4, 0.5) is 4.79 Å². The predicted molar refractivity (Wildman–Crippen MR) is 62.0 cm³/mol. The van der Waals surface area contributed by atoms with Gasteiger partial charge in [0.1, 0.15) is 0 Å². The summed E-state index contributed by atoms with van der Waals surface area (Å²) in [7, 11) is 0. The lowest BCUT2D eigenvalue weighted by Gasteiger charge is -2.06. The van der Waals surface area contributed by atoms with Gasteiger partial charge >= 0.3 is 6.03 Å². The van der Waals surface area contributed by atoms with Crippen LogP contribution >= 0.6 is 31.9 Å². The standard InChI is InChI=1S/C8H7Br2N3O2/c9-4-1-2-5(6(10)3-4)7(14)12-13-8(11)15/h1-3H,(H,12,14)(H3,11,13,15). The van der Waals surface area contributed by atoms with Crippen molar-refractivity contribution in [2.45, 2.75) is 0 Å². The van der Waals surface area contributed by atoms with E-state index in [1.165, 1.54) is 0 Å².